The number of halogens is 2. The van der Waals surface area contributed by atoms with Gasteiger partial charge in [0.1, 0.15) is 22.9 Å². The van der Waals surface area contributed by atoms with Crippen LogP contribution in [0.3, 0.4) is 0 Å². The van der Waals surface area contributed by atoms with E-state index >= 15 is 0 Å². The summed E-state index contributed by atoms with van der Waals surface area (Å²) >= 11 is 0. The van der Waals surface area contributed by atoms with E-state index in [2.05, 4.69) is 20.4 Å². The number of hydrogen-bond acceptors (Lipinski definition) is 6. The van der Waals surface area contributed by atoms with Crippen LogP contribution in [0.25, 0.3) is 44.3 Å². The normalized spacial score (nSPS) is 11.0. The summed E-state index contributed by atoms with van der Waals surface area (Å²) in [4.78, 5) is 0. The zero-order valence-electron chi connectivity index (χ0n) is 22.8. The minimum Gasteiger partial charge on any atom is -0.472 e. The number of fused-ring (bicyclic) bond motifs is 2. The zero-order valence-corrected chi connectivity index (χ0v) is 22.8. The molecule has 44 heavy (non-hydrogen) atoms. The topological polar surface area (TPSA) is 102 Å². The predicted octanol–water partition coefficient (Wildman–Crippen LogP) is 9.51. The van der Waals surface area contributed by atoms with Gasteiger partial charge in [0.15, 0.2) is 23.1 Å². The Labute approximate surface area is 248 Å². The third-order valence-corrected chi connectivity index (χ3v) is 6.79. The summed E-state index contributed by atoms with van der Waals surface area (Å²) < 4.78 is 48.6. The van der Waals surface area contributed by atoms with E-state index in [1.54, 1.807) is 85.7 Å². The van der Waals surface area contributed by atoms with Crippen molar-refractivity contribution in [3.63, 3.8) is 0 Å². The number of hydrogen-bond donors (Lipinski definition) is 2. The number of benzene rings is 4. The second kappa shape index (κ2) is 11.6. The van der Waals surface area contributed by atoms with Crippen molar-refractivity contribution in [1.82, 2.24) is 20.4 Å². The summed E-state index contributed by atoms with van der Waals surface area (Å²) in [7, 11) is 0. The van der Waals surface area contributed by atoms with Crippen LogP contribution in [0.15, 0.2) is 131 Å². The van der Waals surface area contributed by atoms with Gasteiger partial charge in [-0.25, -0.2) is 8.78 Å². The third kappa shape index (κ3) is 5.39. The molecule has 0 radical (unpaired) electrons. The second-order valence-electron chi connectivity index (χ2n) is 9.65. The van der Waals surface area contributed by atoms with Crippen LogP contribution in [0, 0.1) is 11.6 Å². The molecular weight excluding hydrogens is 566 g/mol. The van der Waals surface area contributed by atoms with E-state index in [0.717, 1.165) is 44.3 Å². The van der Waals surface area contributed by atoms with Crippen LogP contribution in [0.1, 0.15) is 0 Å². The molecule has 0 bridgehead atoms. The van der Waals surface area contributed by atoms with E-state index in [9.17, 15) is 8.78 Å². The largest absolute Gasteiger partial charge is 0.472 e. The molecule has 0 fully saturated rings. The molecule has 10 heteroatoms. The van der Waals surface area contributed by atoms with Crippen molar-refractivity contribution < 1.29 is 27.1 Å². The summed E-state index contributed by atoms with van der Waals surface area (Å²) in [5.74, 6) is 0.672. The van der Waals surface area contributed by atoms with Crippen molar-refractivity contribution in [3.05, 3.63) is 134 Å². The zero-order chi connectivity index (χ0) is 29.9. The van der Waals surface area contributed by atoms with Crippen LogP contribution in [0.2, 0.25) is 0 Å². The van der Waals surface area contributed by atoms with Gasteiger partial charge in [-0.2, -0.15) is 10.2 Å². The first-order valence-electron chi connectivity index (χ1n) is 13.5. The van der Waals surface area contributed by atoms with Gasteiger partial charge in [0.25, 0.3) is 0 Å². The smallest absolute Gasteiger partial charge is 0.165 e. The molecule has 216 valence electrons. The van der Waals surface area contributed by atoms with E-state index < -0.39 is 11.6 Å². The number of rotatable bonds is 6. The van der Waals surface area contributed by atoms with E-state index in [1.165, 1.54) is 12.1 Å². The Kier molecular flexibility index (Phi) is 7.05. The molecule has 4 aromatic heterocycles. The van der Waals surface area contributed by atoms with Crippen LogP contribution in [-0.4, -0.2) is 20.4 Å². The highest BCUT2D eigenvalue weighted by Gasteiger charge is 2.12. The molecular formula is C34H22F2N4O4. The Hall–Kier alpha value is -6.16. The van der Waals surface area contributed by atoms with E-state index in [0.29, 0.717) is 11.5 Å². The molecule has 2 N–H and O–H groups in total. The van der Waals surface area contributed by atoms with Crippen LogP contribution >= 0.6 is 0 Å². The number of aromatic nitrogens is 4. The van der Waals surface area contributed by atoms with Gasteiger partial charge >= 0.3 is 0 Å². The van der Waals surface area contributed by atoms with Gasteiger partial charge in [-0.1, -0.05) is 24.3 Å². The Morgan fingerprint density at radius 1 is 0.545 bits per heavy atom. The number of furan rings is 2. The molecule has 8 nitrogen and oxygen atoms in total. The minimum atomic E-state index is -0.397. The molecule has 0 saturated carbocycles. The monoisotopic (exact) mass is 588 g/mol. The number of H-pyrrole nitrogens is 2. The summed E-state index contributed by atoms with van der Waals surface area (Å²) in [5, 5.41) is 16.4. The first kappa shape index (κ1) is 26.7. The number of nitrogens with zero attached hydrogens (tertiary/aromatic N) is 2. The van der Waals surface area contributed by atoms with Crippen molar-refractivity contribution in [3.8, 4) is 45.5 Å². The quantitative estimate of drug-likeness (QED) is 0.201. The first-order chi connectivity index (χ1) is 21.6. The van der Waals surface area contributed by atoms with Gasteiger partial charge in [0.2, 0.25) is 0 Å². The summed E-state index contributed by atoms with van der Waals surface area (Å²) in [6, 6.07) is 27.2. The van der Waals surface area contributed by atoms with Crippen molar-refractivity contribution in [2.75, 3.05) is 0 Å². The lowest BCUT2D eigenvalue weighted by Gasteiger charge is -2.06. The SMILES string of the molecule is Fc1ccccc1Oc1ccc2c(-c3ccoc3)n[nH]c2c1.Fc1ccccc1Oc1ccc2c(-c3ccoc3)n[nH]c2c1. The maximum absolute atomic E-state index is 13.6. The van der Waals surface area contributed by atoms with Crippen molar-refractivity contribution in [1.29, 1.82) is 0 Å². The molecule has 8 rings (SSSR count). The average molecular weight is 589 g/mol. The Bertz CT molecular complexity index is 2010. The Balaban J connectivity index is 0.000000142. The fourth-order valence-corrected chi connectivity index (χ4v) is 4.67. The van der Waals surface area contributed by atoms with Crippen molar-refractivity contribution in [2.24, 2.45) is 0 Å². The van der Waals surface area contributed by atoms with Gasteiger partial charge < -0.3 is 18.3 Å². The van der Waals surface area contributed by atoms with Crippen LogP contribution in [0.5, 0.6) is 23.0 Å². The Morgan fingerprint density at radius 3 is 1.41 bits per heavy atom. The van der Waals surface area contributed by atoms with Gasteiger partial charge in [-0.15, -0.1) is 0 Å². The summed E-state index contributed by atoms with van der Waals surface area (Å²) in [6.07, 6.45) is 6.48. The molecule has 0 amide bonds. The highest BCUT2D eigenvalue weighted by atomic mass is 19.1. The number of aromatic amines is 2. The molecule has 0 spiro atoms. The number of nitrogens with one attached hydrogen (secondary N) is 2. The molecule has 0 unspecified atom stereocenters. The predicted molar refractivity (Wildman–Crippen MR) is 161 cm³/mol. The first-order valence-corrected chi connectivity index (χ1v) is 13.5. The minimum absolute atomic E-state index is 0.191. The van der Waals surface area contributed by atoms with Gasteiger partial charge in [0, 0.05) is 34.0 Å². The highest BCUT2D eigenvalue weighted by Crippen LogP contribution is 2.33. The Morgan fingerprint density at radius 2 is 1.00 bits per heavy atom. The number of ether oxygens (including phenoxy) is 2. The molecule has 0 aliphatic carbocycles. The van der Waals surface area contributed by atoms with E-state index in [1.807, 2.05) is 24.3 Å². The molecule has 4 heterocycles. The van der Waals surface area contributed by atoms with Crippen LogP contribution in [0.4, 0.5) is 8.78 Å². The molecule has 0 atom stereocenters. The van der Waals surface area contributed by atoms with Crippen LogP contribution in [-0.2, 0) is 0 Å². The fraction of sp³-hybridized carbons (Fsp3) is 0. The van der Waals surface area contributed by atoms with Crippen LogP contribution < -0.4 is 9.47 Å². The molecule has 0 saturated heterocycles. The lowest BCUT2D eigenvalue weighted by Crippen LogP contribution is -1.87. The van der Waals surface area contributed by atoms with Gasteiger partial charge in [-0.05, 0) is 60.7 Å². The van der Waals surface area contributed by atoms with Gasteiger partial charge in [-0.3, -0.25) is 10.2 Å². The lowest BCUT2D eigenvalue weighted by molar-refractivity contribution is 0.443. The van der Waals surface area contributed by atoms with Crippen molar-refractivity contribution in [2.45, 2.75) is 0 Å². The summed E-state index contributed by atoms with van der Waals surface area (Å²) in [6.45, 7) is 0. The molecule has 0 aliphatic rings. The van der Waals surface area contributed by atoms with Crippen molar-refractivity contribution >= 4 is 21.8 Å². The highest BCUT2D eigenvalue weighted by molar-refractivity contribution is 5.94. The maximum atomic E-state index is 13.6. The average Bonchev–Trinajstić information content (AvgIpc) is 3.86. The fourth-order valence-electron chi connectivity index (χ4n) is 4.67. The third-order valence-electron chi connectivity index (χ3n) is 6.79. The van der Waals surface area contributed by atoms with Gasteiger partial charge in [0.05, 0.1) is 36.1 Å². The molecule has 8 aromatic rings. The standard InChI is InChI=1S/2C17H11FN2O2/c2*18-14-3-1-2-4-16(14)22-12-5-6-13-15(9-12)19-20-17(13)11-7-8-21-10-11/h2*1-10H,(H,19,20). The molecule has 4 aromatic carbocycles. The van der Waals surface area contributed by atoms with E-state index in [-0.39, 0.29) is 11.5 Å². The maximum Gasteiger partial charge on any atom is 0.165 e. The lowest BCUT2D eigenvalue weighted by atomic mass is 10.1. The molecule has 0 aliphatic heterocycles. The summed E-state index contributed by atoms with van der Waals surface area (Å²) in [5.41, 5.74) is 5.03. The van der Waals surface area contributed by atoms with E-state index in [4.69, 9.17) is 18.3 Å². The number of para-hydroxylation sites is 2. The second-order valence-corrected chi connectivity index (χ2v) is 9.65.